The molecule has 82 valence electrons. The van der Waals surface area contributed by atoms with Crippen LogP contribution in [0.5, 0.6) is 0 Å². The number of nitrogens with zero attached hydrogens (tertiary/aromatic N) is 1. The van der Waals surface area contributed by atoms with Crippen LogP contribution in [0.15, 0.2) is 30.3 Å². The van der Waals surface area contributed by atoms with E-state index < -0.39 is 6.17 Å². The molecular formula is C12H17FN2. The lowest BCUT2D eigenvalue weighted by Gasteiger charge is -2.32. The van der Waals surface area contributed by atoms with Gasteiger partial charge in [0.25, 0.3) is 0 Å². The highest BCUT2D eigenvalue weighted by Crippen LogP contribution is 2.15. The second-order valence-electron chi connectivity index (χ2n) is 4.27. The third-order valence-corrected chi connectivity index (χ3v) is 2.76. The lowest BCUT2D eigenvalue weighted by molar-refractivity contribution is 0.118. The van der Waals surface area contributed by atoms with Crippen LogP contribution in [0.25, 0.3) is 0 Å². The highest BCUT2D eigenvalue weighted by Gasteiger charge is 2.24. The molecule has 0 saturated carbocycles. The summed E-state index contributed by atoms with van der Waals surface area (Å²) >= 11 is 0. The summed E-state index contributed by atoms with van der Waals surface area (Å²) in [6.45, 7) is 2.12. The van der Waals surface area contributed by atoms with Gasteiger partial charge in [-0.05, 0) is 12.0 Å². The lowest BCUT2D eigenvalue weighted by atomic mass is 10.0. The molecule has 2 rings (SSSR count). The Morgan fingerprint density at radius 1 is 1.27 bits per heavy atom. The van der Waals surface area contributed by atoms with E-state index in [-0.39, 0.29) is 6.04 Å². The molecule has 15 heavy (non-hydrogen) atoms. The highest BCUT2D eigenvalue weighted by molar-refractivity contribution is 5.14. The standard InChI is InChI=1S/C12H17FN2/c13-11-6-12(14)9-15(8-11)7-10-4-2-1-3-5-10/h1-5,11-12H,6-9,14H2. The van der Waals surface area contributed by atoms with Crippen molar-refractivity contribution in [1.29, 1.82) is 0 Å². The summed E-state index contributed by atoms with van der Waals surface area (Å²) in [6.07, 6.45) is -0.261. The van der Waals surface area contributed by atoms with Gasteiger partial charge in [0.1, 0.15) is 6.17 Å². The highest BCUT2D eigenvalue weighted by atomic mass is 19.1. The Morgan fingerprint density at radius 2 is 2.00 bits per heavy atom. The molecular weight excluding hydrogens is 191 g/mol. The molecule has 0 amide bonds. The van der Waals surface area contributed by atoms with Crippen LogP contribution in [0.3, 0.4) is 0 Å². The number of likely N-dealkylation sites (tertiary alicyclic amines) is 1. The Labute approximate surface area is 89.9 Å². The van der Waals surface area contributed by atoms with E-state index in [2.05, 4.69) is 17.0 Å². The lowest BCUT2D eigenvalue weighted by Crippen LogP contribution is -2.47. The SMILES string of the molecule is NC1CC(F)CN(Cc2ccccc2)C1. The minimum Gasteiger partial charge on any atom is -0.326 e. The number of halogens is 1. The van der Waals surface area contributed by atoms with Crippen molar-refractivity contribution < 1.29 is 4.39 Å². The van der Waals surface area contributed by atoms with Gasteiger partial charge in [0, 0.05) is 25.7 Å². The van der Waals surface area contributed by atoms with Crippen LogP contribution in [-0.4, -0.2) is 30.2 Å². The van der Waals surface area contributed by atoms with Crippen molar-refractivity contribution in [3.63, 3.8) is 0 Å². The molecule has 1 aromatic carbocycles. The molecule has 1 fully saturated rings. The zero-order chi connectivity index (χ0) is 10.7. The predicted octanol–water partition coefficient (Wildman–Crippen LogP) is 1.56. The molecule has 1 aromatic rings. The molecule has 1 saturated heterocycles. The number of nitrogens with two attached hydrogens (primary N) is 1. The molecule has 3 heteroatoms. The van der Waals surface area contributed by atoms with Gasteiger partial charge in [0.15, 0.2) is 0 Å². The molecule has 2 atom stereocenters. The fourth-order valence-corrected chi connectivity index (χ4v) is 2.13. The Bertz CT molecular complexity index is 292. The van der Waals surface area contributed by atoms with Crippen LogP contribution in [0.2, 0.25) is 0 Å². The normalized spacial score (nSPS) is 27.9. The van der Waals surface area contributed by atoms with Crippen molar-refractivity contribution in [2.75, 3.05) is 13.1 Å². The minimum absolute atomic E-state index is 0.0162. The van der Waals surface area contributed by atoms with Crippen LogP contribution in [-0.2, 0) is 6.54 Å². The summed E-state index contributed by atoms with van der Waals surface area (Å²) in [5.41, 5.74) is 7.01. The van der Waals surface area contributed by atoms with Crippen LogP contribution < -0.4 is 5.73 Å². The van der Waals surface area contributed by atoms with Crippen molar-refractivity contribution in [2.24, 2.45) is 5.73 Å². The molecule has 1 aliphatic heterocycles. The van der Waals surface area contributed by atoms with Gasteiger partial charge in [-0.15, -0.1) is 0 Å². The Hall–Kier alpha value is -0.930. The molecule has 2 unspecified atom stereocenters. The van der Waals surface area contributed by atoms with E-state index in [0.29, 0.717) is 13.0 Å². The van der Waals surface area contributed by atoms with Crippen molar-refractivity contribution in [2.45, 2.75) is 25.2 Å². The fraction of sp³-hybridized carbons (Fsp3) is 0.500. The fourth-order valence-electron chi connectivity index (χ4n) is 2.13. The predicted molar refractivity (Wildman–Crippen MR) is 59.2 cm³/mol. The zero-order valence-corrected chi connectivity index (χ0v) is 8.77. The summed E-state index contributed by atoms with van der Waals surface area (Å²) < 4.78 is 13.3. The summed E-state index contributed by atoms with van der Waals surface area (Å²) in [6, 6.07) is 10.1. The maximum Gasteiger partial charge on any atom is 0.114 e. The maximum atomic E-state index is 13.3. The second kappa shape index (κ2) is 4.73. The number of alkyl halides is 1. The average molecular weight is 208 g/mol. The maximum absolute atomic E-state index is 13.3. The molecule has 0 radical (unpaired) electrons. The summed E-state index contributed by atoms with van der Waals surface area (Å²) in [7, 11) is 0. The molecule has 0 aliphatic carbocycles. The Kier molecular flexibility index (Phi) is 3.34. The third kappa shape index (κ3) is 3.01. The van der Waals surface area contributed by atoms with E-state index in [4.69, 9.17) is 5.73 Å². The van der Waals surface area contributed by atoms with Crippen molar-refractivity contribution in [1.82, 2.24) is 4.90 Å². The van der Waals surface area contributed by atoms with Gasteiger partial charge in [-0.25, -0.2) is 4.39 Å². The van der Waals surface area contributed by atoms with Crippen LogP contribution in [0.1, 0.15) is 12.0 Å². The second-order valence-corrected chi connectivity index (χ2v) is 4.27. The first-order chi connectivity index (χ1) is 7.24. The average Bonchev–Trinajstić information content (AvgIpc) is 2.17. The molecule has 2 nitrogen and oxygen atoms in total. The van der Waals surface area contributed by atoms with Gasteiger partial charge in [-0.1, -0.05) is 30.3 Å². The topological polar surface area (TPSA) is 29.3 Å². The number of rotatable bonds is 2. The van der Waals surface area contributed by atoms with Gasteiger partial charge in [-0.2, -0.15) is 0 Å². The van der Waals surface area contributed by atoms with Crippen molar-refractivity contribution in [3.05, 3.63) is 35.9 Å². The first-order valence-corrected chi connectivity index (χ1v) is 5.40. The van der Waals surface area contributed by atoms with E-state index in [1.807, 2.05) is 18.2 Å². The molecule has 1 heterocycles. The largest absolute Gasteiger partial charge is 0.326 e. The quantitative estimate of drug-likeness (QED) is 0.799. The van der Waals surface area contributed by atoms with Gasteiger partial charge in [-0.3, -0.25) is 4.90 Å². The van der Waals surface area contributed by atoms with Gasteiger partial charge < -0.3 is 5.73 Å². The zero-order valence-electron chi connectivity index (χ0n) is 8.77. The Balaban J connectivity index is 1.94. The van der Waals surface area contributed by atoms with E-state index in [0.717, 1.165) is 13.1 Å². The molecule has 1 aliphatic rings. The number of piperidine rings is 1. The molecule has 2 N–H and O–H groups in total. The summed E-state index contributed by atoms with van der Waals surface area (Å²) in [4.78, 5) is 2.09. The Morgan fingerprint density at radius 3 is 2.67 bits per heavy atom. The molecule has 0 aromatic heterocycles. The third-order valence-electron chi connectivity index (χ3n) is 2.76. The van der Waals surface area contributed by atoms with Crippen LogP contribution in [0, 0.1) is 0 Å². The van der Waals surface area contributed by atoms with E-state index in [9.17, 15) is 4.39 Å². The van der Waals surface area contributed by atoms with Crippen molar-refractivity contribution in [3.8, 4) is 0 Å². The molecule has 0 bridgehead atoms. The number of hydrogen-bond acceptors (Lipinski definition) is 2. The van der Waals surface area contributed by atoms with Crippen LogP contribution in [0.4, 0.5) is 4.39 Å². The molecule has 0 spiro atoms. The van der Waals surface area contributed by atoms with E-state index >= 15 is 0 Å². The van der Waals surface area contributed by atoms with E-state index in [1.165, 1.54) is 5.56 Å². The monoisotopic (exact) mass is 208 g/mol. The van der Waals surface area contributed by atoms with Gasteiger partial charge >= 0.3 is 0 Å². The number of benzene rings is 1. The van der Waals surface area contributed by atoms with Crippen molar-refractivity contribution >= 4 is 0 Å². The summed E-state index contributed by atoms with van der Waals surface area (Å²) in [5.74, 6) is 0. The smallest absolute Gasteiger partial charge is 0.114 e. The first-order valence-electron chi connectivity index (χ1n) is 5.40. The van der Waals surface area contributed by atoms with Gasteiger partial charge in [0.2, 0.25) is 0 Å². The van der Waals surface area contributed by atoms with E-state index in [1.54, 1.807) is 0 Å². The first kappa shape index (κ1) is 10.6. The van der Waals surface area contributed by atoms with Crippen LogP contribution >= 0.6 is 0 Å². The van der Waals surface area contributed by atoms with Gasteiger partial charge in [0.05, 0.1) is 0 Å². The minimum atomic E-state index is -0.766. The number of hydrogen-bond donors (Lipinski definition) is 1. The summed E-state index contributed by atoms with van der Waals surface area (Å²) in [5, 5.41) is 0.